The Morgan fingerprint density at radius 2 is 2.21 bits per heavy atom. The van der Waals surface area contributed by atoms with Gasteiger partial charge >= 0.3 is 0 Å². The summed E-state index contributed by atoms with van der Waals surface area (Å²) in [6, 6.07) is 4.39. The highest BCUT2D eigenvalue weighted by Gasteiger charge is 2.25. The molecule has 0 amide bonds. The third-order valence-corrected chi connectivity index (χ3v) is 2.82. The van der Waals surface area contributed by atoms with Crippen molar-refractivity contribution < 1.29 is 4.39 Å². The predicted octanol–water partition coefficient (Wildman–Crippen LogP) is 2.99. The molecule has 2 N–H and O–H groups in total. The fourth-order valence-electron chi connectivity index (χ4n) is 1.18. The van der Waals surface area contributed by atoms with E-state index in [2.05, 4.69) is 20.9 Å². The van der Waals surface area contributed by atoms with Crippen LogP contribution >= 0.6 is 15.9 Å². The van der Waals surface area contributed by atoms with Crippen LogP contribution in [0.2, 0.25) is 0 Å². The molecular formula is C10H10BrFN2. The molecule has 1 aliphatic rings. The number of hydrogen-bond donors (Lipinski definition) is 1. The van der Waals surface area contributed by atoms with Gasteiger partial charge in [0.2, 0.25) is 0 Å². The van der Waals surface area contributed by atoms with Crippen LogP contribution in [0.25, 0.3) is 0 Å². The van der Waals surface area contributed by atoms with Crippen molar-refractivity contribution in [1.82, 2.24) is 0 Å². The summed E-state index contributed by atoms with van der Waals surface area (Å²) < 4.78 is 13.6. The summed E-state index contributed by atoms with van der Waals surface area (Å²) in [5.74, 6) is 0.719. The largest absolute Gasteiger partial charge is 0.387 e. The molecule has 1 aromatic carbocycles. The smallest absolute Gasteiger partial charge is 0.125 e. The summed E-state index contributed by atoms with van der Waals surface area (Å²) in [6.07, 6.45) is 2.20. The van der Waals surface area contributed by atoms with Crippen molar-refractivity contribution in [2.75, 3.05) is 0 Å². The Balaban J connectivity index is 2.30. The van der Waals surface area contributed by atoms with E-state index >= 15 is 0 Å². The Morgan fingerprint density at radius 1 is 1.50 bits per heavy atom. The molecule has 1 aromatic rings. The Morgan fingerprint density at radius 3 is 2.86 bits per heavy atom. The second-order valence-corrected chi connectivity index (χ2v) is 4.26. The molecule has 0 saturated heterocycles. The van der Waals surface area contributed by atoms with E-state index in [0.717, 1.165) is 17.3 Å². The summed E-state index contributed by atoms with van der Waals surface area (Å²) >= 11 is 3.30. The maximum atomic E-state index is 12.9. The molecule has 0 spiro atoms. The molecule has 0 bridgehead atoms. The van der Waals surface area contributed by atoms with E-state index in [9.17, 15) is 4.39 Å². The number of amidine groups is 1. The van der Waals surface area contributed by atoms with Crippen molar-refractivity contribution in [2.24, 2.45) is 16.6 Å². The second kappa shape index (κ2) is 3.69. The van der Waals surface area contributed by atoms with Crippen molar-refractivity contribution in [3.05, 3.63) is 28.5 Å². The fraction of sp³-hybridized carbons (Fsp3) is 0.300. The fourth-order valence-corrected chi connectivity index (χ4v) is 1.52. The number of nitrogens with two attached hydrogens (primary N) is 1. The van der Waals surface area contributed by atoms with E-state index in [4.69, 9.17) is 5.73 Å². The van der Waals surface area contributed by atoms with E-state index in [1.165, 1.54) is 12.1 Å². The normalized spacial score (nSPS) is 17.1. The minimum Gasteiger partial charge on any atom is -0.387 e. The minimum atomic E-state index is -0.296. The lowest BCUT2D eigenvalue weighted by atomic mass is 10.3. The average molecular weight is 257 g/mol. The first-order valence-electron chi connectivity index (χ1n) is 4.46. The van der Waals surface area contributed by atoms with Gasteiger partial charge in [0.15, 0.2) is 0 Å². The molecule has 1 aliphatic carbocycles. The molecule has 0 unspecified atom stereocenters. The van der Waals surface area contributed by atoms with Gasteiger partial charge < -0.3 is 5.73 Å². The van der Waals surface area contributed by atoms with Crippen LogP contribution in [0.5, 0.6) is 0 Å². The van der Waals surface area contributed by atoms with Gasteiger partial charge in [0, 0.05) is 16.5 Å². The van der Waals surface area contributed by atoms with Crippen LogP contribution in [-0.4, -0.2) is 5.84 Å². The zero-order valence-corrected chi connectivity index (χ0v) is 9.09. The summed E-state index contributed by atoms with van der Waals surface area (Å²) in [6.45, 7) is 0. The molecule has 2 nitrogen and oxygen atoms in total. The average Bonchev–Trinajstić information content (AvgIpc) is 2.94. The van der Waals surface area contributed by atoms with E-state index in [1.807, 2.05) is 0 Å². The van der Waals surface area contributed by atoms with Gasteiger partial charge in [-0.05, 0) is 40.9 Å². The molecule has 74 valence electrons. The highest BCUT2D eigenvalue weighted by molar-refractivity contribution is 9.10. The third-order valence-electron chi connectivity index (χ3n) is 2.15. The Kier molecular flexibility index (Phi) is 2.54. The van der Waals surface area contributed by atoms with Gasteiger partial charge in [-0.15, -0.1) is 0 Å². The maximum absolute atomic E-state index is 12.9. The minimum absolute atomic E-state index is 0.296. The molecule has 0 atom stereocenters. The van der Waals surface area contributed by atoms with Gasteiger partial charge in [-0.1, -0.05) is 0 Å². The first-order chi connectivity index (χ1) is 6.66. The van der Waals surface area contributed by atoms with Crippen molar-refractivity contribution in [3.8, 4) is 0 Å². The SMILES string of the molecule is NC(=Nc1cc(F)ccc1Br)C1CC1. The zero-order valence-electron chi connectivity index (χ0n) is 7.50. The highest BCUT2D eigenvalue weighted by Crippen LogP contribution is 2.32. The topological polar surface area (TPSA) is 38.4 Å². The van der Waals surface area contributed by atoms with E-state index < -0.39 is 0 Å². The molecule has 1 fully saturated rings. The molecule has 0 aromatic heterocycles. The van der Waals surface area contributed by atoms with Gasteiger partial charge in [0.05, 0.1) is 5.69 Å². The number of benzene rings is 1. The van der Waals surface area contributed by atoms with Crippen molar-refractivity contribution >= 4 is 27.5 Å². The summed E-state index contributed by atoms with van der Waals surface area (Å²) in [5, 5.41) is 0. The number of hydrogen-bond acceptors (Lipinski definition) is 1. The van der Waals surface area contributed by atoms with Crippen LogP contribution in [0, 0.1) is 11.7 Å². The van der Waals surface area contributed by atoms with Crippen LogP contribution in [0.3, 0.4) is 0 Å². The lowest BCUT2D eigenvalue weighted by Gasteiger charge is -2.00. The molecule has 0 heterocycles. The Bertz CT molecular complexity index is 386. The molecule has 1 saturated carbocycles. The lowest BCUT2D eigenvalue weighted by Crippen LogP contribution is -2.13. The van der Waals surface area contributed by atoms with Gasteiger partial charge in [-0.2, -0.15) is 0 Å². The quantitative estimate of drug-likeness (QED) is 0.642. The van der Waals surface area contributed by atoms with Gasteiger partial charge in [0.1, 0.15) is 11.7 Å². The van der Waals surface area contributed by atoms with Gasteiger partial charge in [-0.3, -0.25) is 0 Å². The monoisotopic (exact) mass is 256 g/mol. The van der Waals surface area contributed by atoms with E-state index in [-0.39, 0.29) is 5.82 Å². The zero-order chi connectivity index (χ0) is 10.1. The number of aliphatic imine (C=N–C) groups is 1. The second-order valence-electron chi connectivity index (χ2n) is 3.41. The molecule has 14 heavy (non-hydrogen) atoms. The lowest BCUT2D eigenvalue weighted by molar-refractivity contribution is 0.628. The first kappa shape index (κ1) is 9.65. The molecular weight excluding hydrogens is 247 g/mol. The van der Waals surface area contributed by atoms with Crippen LogP contribution in [0.4, 0.5) is 10.1 Å². The molecule has 4 heteroatoms. The van der Waals surface area contributed by atoms with Crippen LogP contribution < -0.4 is 5.73 Å². The molecule has 0 aliphatic heterocycles. The Labute approximate surface area is 90.2 Å². The molecule has 0 radical (unpaired) electrons. The maximum Gasteiger partial charge on any atom is 0.125 e. The van der Waals surface area contributed by atoms with Crippen molar-refractivity contribution in [3.63, 3.8) is 0 Å². The van der Waals surface area contributed by atoms with Crippen molar-refractivity contribution in [2.45, 2.75) is 12.8 Å². The summed E-state index contributed by atoms with van der Waals surface area (Å²) in [7, 11) is 0. The van der Waals surface area contributed by atoms with E-state index in [0.29, 0.717) is 17.4 Å². The summed E-state index contributed by atoms with van der Waals surface area (Å²) in [5.41, 5.74) is 6.30. The number of halogens is 2. The van der Waals surface area contributed by atoms with Crippen LogP contribution in [0.15, 0.2) is 27.7 Å². The molecule has 2 rings (SSSR count). The van der Waals surface area contributed by atoms with Crippen LogP contribution in [0.1, 0.15) is 12.8 Å². The number of rotatable bonds is 2. The van der Waals surface area contributed by atoms with E-state index in [1.54, 1.807) is 6.07 Å². The highest BCUT2D eigenvalue weighted by atomic mass is 79.9. The van der Waals surface area contributed by atoms with Gasteiger partial charge in [0.25, 0.3) is 0 Å². The third kappa shape index (κ3) is 2.12. The van der Waals surface area contributed by atoms with Crippen LogP contribution in [-0.2, 0) is 0 Å². The summed E-state index contributed by atoms with van der Waals surface area (Å²) in [4.78, 5) is 4.19. The first-order valence-corrected chi connectivity index (χ1v) is 5.25. The number of nitrogens with zero attached hydrogens (tertiary/aromatic N) is 1. The van der Waals surface area contributed by atoms with Gasteiger partial charge in [-0.25, -0.2) is 9.38 Å². The predicted molar refractivity (Wildman–Crippen MR) is 58.1 cm³/mol. The standard InChI is InChI=1S/C10H10BrFN2/c11-8-4-3-7(12)5-9(8)14-10(13)6-1-2-6/h3-6H,1-2H2,(H2,13,14). The van der Waals surface area contributed by atoms with Crippen molar-refractivity contribution in [1.29, 1.82) is 0 Å². The Hall–Kier alpha value is -0.900.